The third-order valence-electron chi connectivity index (χ3n) is 9.89. The fraction of sp³-hybridized carbons (Fsp3) is 0.588. The number of benzene rings is 2. The highest BCUT2D eigenvalue weighted by atomic mass is 35.5. The van der Waals surface area contributed by atoms with E-state index >= 15 is 0 Å². The minimum atomic E-state index is -0.649. The molecule has 2 aromatic rings. The maximum Gasteiger partial charge on any atom is 0.321 e. The van der Waals surface area contributed by atoms with Crippen LogP contribution < -0.4 is 5.32 Å². The number of carbonyl (C=O) groups is 2. The summed E-state index contributed by atoms with van der Waals surface area (Å²) in [6.07, 6.45) is 7.50. The smallest absolute Gasteiger partial charge is 0.321 e. The zero-order valence-corrected chi connectivity index (χ0v) is 25.7. The number of amides is 2. The Morgan fingerprint density at radius 1 is 0.976 bits per heavy atom. The Bertz CT molecular complexity index is 1150. The van der Waals surface area contributed by atoms with E-state index in [0.717, 1.165) is 76.8 Å². The molecule has 2 N–H and O–H groups in total. The van der Waals surface area contributed by atoms with Crippen LogP contribution in [0.15, 0.2) is 54.6 Å². The van der Waals surface area contributed by atoms with Gasteiger partial charge < -0.3 is 20.2 Å². The second kappa shape index (κ2) is 14.7. The summed E-state index contributed by atoms with van der Waals surface area (Å²) in [6.45, 7) is 7.75. The average Bonchev–Trinajstić information content (AvgIpc) is 3.41. The Morgan fingerprint density at radius 3 is 2.31 bits per heavy atom. The molecular formula is C34H47ClN4O3. The van der Waals surface area contributed by atoms with Crippen LogP contribution >= 0.6 is 11.6 Å². The van der Waals surface area contributed by atoms with E-state index in [2.05, 4.69) is 52.4 Å². The number of hydrogen-bond donors (Lipinski definition) is 2. The zero-order chi connectivity index (χ0) is 29.5. The molecule has 8 heteroatoms. The number of halogens is 1. The molecule has 2 aliphatic heterocycles. The summed E-state index contributed by atoms with van der Waals surface area (Å²) in [5.74, 6) is 0.330. The lowest BCUT2D eigenvalue weighted by Crippen LogP contribution is -2.51. The Morgan fingerprint density at radius 2 is 1.67 bits per heavy atom. The molecule has 1 saturated carbocycles. The van der Waals surface area contributed by atoms with Gasteiger partial charge in [-0.15, -0.1) is 0 Å². The monoisotopic (exact) mass is 594 g/mol. The van der Waals surface area contributed by atoms with Crippen LogP contribution in [0.1, 0.15) is 68.9 Å². The summed E-state index contributed by atoms with van der Waals surface area (Å²) in [7, 11) is 0. The maximum atomic E-state index is 13.1. The molecule has 2 amide bonds. The Kier molecular flexibility index (Phi) is 10.8. The normalized spacial score (nSPS) is 23.5. The molecule has 5 rings (SSSR count). The lowest BCUT2D eigenvalue weighted by Gasteiger charge is -2.39. The van der Waals surface area contributed by atoms with Crippen molar-refractivity contribution in [2.45, 2.75) is 76.4 Å². The summed E-state index contributed by atoms with van der Waals surface area (Å²) in [5, 5.41) is 14.1. The van der Waals surface area contributed by atoms with Crippen molar-refractivity contribution in [3.63, 3.8) is 0 Å². The first kappa shape index (κ1) is 30.8. The molecule has 0 spiro atoms. The number of hydrogen-bond acceptors (Lipinski definition) is 4. The van der Waals surface area contributed by atoms with Crippen LogP contribution in [-0.4, -0.2) is 83.2 Å². The van der Waals surface area contributed by atoms with Crippen molar-refractivity contribution in [3.8, 4) is 0 Å². The van der Waals surface area contributed by atoms with E-state index in [0.29, 0.717) is 29.9 Å². The number of rotatable bonds is 10. The van der Waals surface area contributed by atoms with E-state index in [4.69, 9.17) is 11.6 Å². The molecule has 0 bridgehead atoms. The number of likely N-dealkylation sites (tertiary alicyclic amines) is 2. The van der Waals surface area contributed by atoms with Gasteiger partial charge in [-0.25, -0.2) is 4.79 Å². The molecule has 2 saturated heterocycles. The Hall–Kier alpha value is -2.61. The number of carbonyl (C=O) groups excluding carboxylic acids is 1. The molecule has 3 atom stereocenters. The summed E-state index contributed by atoms with van der Waals surface area (Å²) in [4.78, 5) is 32.5. The largest absolute Gasteiger partial charge is 0.480 e. The predicted octanol–water partition coefficient (Wildman–Crippen LogP) is 6.09. The zero-order valence-electron chi connectivity index (χ0n) is 25.0. The molecule has 0 aromatic heterocycles. The number of nitrogens with zero attached hydrogens (tertiary/aromatic N) is 3. The van der Waals surface area contributed by atoms with Gasteiger partial charge in [0.2, 0.25) is 0 Å². The predicted molar refractivity (Wildman–Crippen MR) is 168 cm³/mol. The highest BCUT2D eigenvalue weighted by Gasteiger charge is 2.43. The minimum absolute atomic E-state index is 0.0103. The lowest BCUT2D eigenvalue weighted by molar-refractivity contribution is -0.145. The highest BCUT2D eigenvalue weighted by Crippen LogP contribution is 2.38. The minimum Gasteiger partial charge on any atom is -0.480 e. The molecule has 0 radical (unpaired) electrons. The molecule has 2 heterocycles. The number of urea groups is 1. The van der Waals surface area contributed by atoms with Gasteiger partial charge in [0.25, 0.3) is 0 Å². The SMILES string of the molecule is CCN(C(=O)NCc1ccc(Cl)cc1)C1CCN(C[C@H]2CN([C@@H](C(=O)O)C3CCCCC3)C[C@@H]2c2ccccc2)CC1. The van der Waals surface area contributed by atoms with Crippen molar-refractivity contribution in [2.75, 3.05) is 39.3 Å². The van der Waals surface area contributed by atoms with E-state index in [-0.39, 0.29) is 24.0 Å². The first-order chi connectivity index (χ1) is 20.4. The van der Waals surface area contributed by atoms with Gasteiger partial charge in [-0.05, 0) is 67.7 Å². The first-order valence-corrected chi connectivity index (χ1v) is 16.3. The third kappa shape index (κ3) is 7.66. The van der Waals surface area contributed by atoms with E-state index in [1.54, 1.807) is 0 Å². The number of aliphatic carboxylic acids is 1. The van der Waals surface area contributed by atoms with Crippen LogP contribution in [0.2, 0.25) is 5.02 Å². The van der Waals surface area contributed by atoms with Crippen LogP contribution in [0.25, 0.3) is 0 Å². The van der Waals surface area contributed by atoms with E-state index in [9.17, 15) is 14.7 Å². The van der Waals surface area contributed by atoms with Crippen molar-refractivity contribution in [3.05, 3.63) is 70.7 Å². The van der Waals surface area contributed by atoms with Crippen LogP contribution in [0, 0.1) is 11.8 Å². The molecular weight excluding hydrogens is 548 g/mol. The fourth-order valence-corrected chi connectivity index (χ4v) is 7.82. The third-order valence-corrected chi connectivity index (χ3v) is 10.1. The van der Waals surface area contributed by atoms with Crippen LogP contribution in [0.5, 0.6) is 0 Å². The number of piperidine rings is 1. The maximum absolute atomic E-state index is 13.1. The molecule has 3 fully saturated rings. The van der Waals surface area contributed by atoms with Gasteiger partial charge in [0.15, 0.2) is 0 Å². The van der Waals surface area contributed by atoms with Crippen molar-refractivity contribution < 1.29 is 14.7 Å². The van der Waals surface area contributed by atoms with E-state index in [1.807, 2.05) is 29.2 Å². The van der Waals surface area contributed by atoms with Crippen molar-refractivity contribution in [2.24, 2.45) is 11.8 Å². The van der Waals surface area contributed by atoms with Gasteiger partial charge in [0, 0.05) is 62.8 Å². The molecule has 2 aromatic carbocycles. The van der Waals surface area contributed by atoms with Crippen LogP contribution in [0.3, 0.4) is 0 Å². The van der Waals surface area contributed by atoms with Gasteiger partial charge in [0.05, 0.1) is 0 Å². The standard InChI is InChI=1S/C34H47ClN4O3/c1-2-39(34(42)36-21-25-13-15-29(35)16-14-25)30-17-19-37(20-18-30)22-28-23-38(24-31(28)26-9-5-3-6-10-26)32(33(40)41)27-11-7-4-8-12-27/h3,5-6,9-10,13-16,27-28,30-32H,2,4,7-8,11-12,17-24H2,1H3,(H,36,42)(H,40,41)/t28-,31+,32+/m0/s1. The van der Waals surface area contributed by atoms with Gasteiger partial charge >= 0.3 is 12.0 Å². The Balaban J connectivity index is 1.19. The topological polar surface area (TPSA) is 76.1 Å². The number of carboxylic acid groups (broad SMARTS) is 1. The summed E-state index contributed by atoms with van der Waals surface area (Å²) < 4.78 is 0. The van der Waals surface area contributed by atoms with Crippen LogP contribution in [-0.2, 0) is 11.3 Å². The number of nitrogens with one attached hydrogen (secondary N) is 1. The van der Waals surface area contributed by atoms with Gasteiger partial charge in [-0.2, -0.15) is 0 Å². The van der Waals surface area contributed by atoms with Crippen molar-refractivity contribution in [1.29, 1.82) is 0 Å². The van der Waals surface area contributed by atoms with Crippen LogP contribution in [0.4, 0.5) is 4.79 Å². The second-order valence-corrected chi connectivity index (χ2v) is 13.0. The number of carboxylic acids is 1. The average molecular weight is 595 g/mol. The van der Waals surface area contributed by atoms with Gasteiger partial charge in [-0.3, -0.25) is 9.69 Å². The van der Waals surface area contributed by atoms with E-state index in [1.165, 1.54) is 12.0 Å². The molecule has 1 aliphatic carbocycles. The molecule has 0 unspecified atom stereocenters. The Labute approximate surface area is 256 Å². The molecule has 3 aliphatic rings. The second-order valence-electron chi connectivity index (χ2n) is 12.5. The highest BCUT2D eigenvalue weighted by molar-refractivity contribution is 6.30. The lowest BCUT2D eigenvalue weighted by atomic mass is 9.83. The van der Waals surface area contributed by atoms with Crippen molar-refractivity contribution in [1.82, 2.24) is 20.0 Å². The molecule has 42 heavy (non-hydrogen) atoms. The van der Waals surface area contributed by atoms with Gasteiger partial charge in [0.1, 0.15) is 6.04 Å². The molecule has 7 nitrogen and oxygen atoms in total. The summed E-state index contributed by atoms with van der Waals surface area (Å²) >= 11 is 5.99. The van der Waals surface area contributed by atoms with Crippen molar-refractivity contribution >= 4 is 23.6 Å². The van der Waals surface area contributed by atoms with Gasteiger partial charge in [-0.1, -0.05) is 73.3 Å². The quantitative estimate of drug-likeness (QED) is 0.348. The fourth-order valence-electron chi connectivity index (χ4n) is 7.69. The summed E-state index contributed by atoms with van der Waals surface area (Å²) in [5.41, 5.74) is 2.35. The molecule has 228 valence electrons. The first-order valence-electron chi connectivity index (χ1n) is 16.0. The van der Waals surface area contributed by atoms with E-state index < -0.39 is 5.97 Å². The summed E-state index contributed by atoms with van der Waals surface area (Å²) in [6, 6.07) is 18.1.